The van der Waals surface area contributed by atoms with E-state index >= 15 is 0 Å². The molecule has 7 heteroatoms. The minimum Gasteiger partial charge on any atom is -0.473 e. The van der Waals surface area contributed by atoms with Crippen molar-refractivity contribution in [3.63, 3.8) is 0 Å². The van der Waals surface area contributed by atoms with Gasteiger partial charge in [0.15, 0.2) is 0 Å². The largest absolute Gasteiger partial charge is 0.473 e. The second kappa shape index (κ2) is 7.95. The van der Waals surface area contributed by atoms with E-state index in [9.17, 15) is 4.79 Å². The summed E-state index contributed by atoms with van der Waals surface area (Å²) < 4.78 is 5.85. The van der Waals surface area contributed by atoms with Gasteiger partial charge in [0, 0.05) is 50.4 Å². The fourth-order valence-corrected chi connectivity index (χ4v) is 4.31. The second-order valence-electron chi connectivity index (χ2n) is 6.46. The van der Waals surface area contributed by atoms with Gasteiger partial charge in [-0.1, -0.05) is 6.07 Å². The number of thioether (sulfide) groups is 1. The topological polar surface area (TPSA) is 58.6 Å². The zero-order valence-electron chi connectivity index (χ0n) is 14.6. The van der Waals surface area contributed by atoms with Gasteiger partial charge in [-0.2, -0.15) is 11.8 Å². The number of pyridine rings is 2. The quantitative estimate of drug-likeness (QED) is 0.823. The summed E-state index contributed by atoms with van der Waals surface area (Å²) in [5.41, 5.74) is 0.615. The lowest BCUT2D eigenvalue weighted by molar-refractivity contribution is 0.0746. The Morgan fingerprint density at radius 2 is 2.00 bits per heavy atom. The van der Waals surface area contributed by atoms with E-state index in [0.29, 0.717) is 24.5 Å². The Kier molecular flexibility index (Phi) is 5.24. The highest BCUT2D eigenvalue weighted by atomic mass is 32.2. The Morgan fingerprint density at radius 3 is 2.65 bits per heavy atom. The van der Waals surface area contributed by atoms with Crippen molar-refractivity contribution in [2.75, 3.05) is 42.6 Å². The molecule has 6 nitrogen and oxygen atoms in total. The summed E-state index contributed by atoms with van der Waals surface area (Å²) in [4.78, 5) is 25.5. The van der Waals surface area contributed by atoms with E-state index < -0.39 is 0 Å². The number of rotatable bonds is 4. The molecule has 0 saturated carbocycles. The Morgan fingerprint density at radius 1 is 1.12 bits per heavy atom. The Bertz CT molecular complexity index is 727. The molecule has 1 unspecified atom stereocenters. The molecule has 26 heavy (non-hydrogen) atoms. The van der Waals surface area contributed by atoms with Crippen molar-refractivity contribution in [3.8, 4) is 5.88 Å². The number of carbonyl (C=O) groups excluding carboxylic acids is 1. The van der Waals surface area contributed by atoms with E-state index in [1.54, 1.807) is 18.5 Å². The molecule has 0 radical (unpaired) electrons. The van der Waals surface area contributed by atoms with E-state index in [4.69, 9.17) is 4.74 Å². The maximum Gasteiger partial charge on any atom is 0.255 e. The van der Waals surface area contributed by atoms with Crippen LogP contribution in [0.1, 0.15) is 16.8 Å². The summed E-state index contributed by atoms with van der Waals surface area (Å²) >= 11 is 1.90. The number of amides is 1. The highest BCUT2D eigenvalue weighted by Gasteiger charge is 2.23. The lowest BCUT2D eigenvalue weighted by Crippen LogP contribution is -2.49. The van der Waals surface area contributed by atoms with Gasteiger partial charge >= 0.3 is 0 Å². The molecule has 0 bridgehead atoms. The van der Waals surface area contributed by atoms with E-state index in [1.165, 1.54) is 0 Å². The first kappa shape index (κ1) is 17.1. The number of piperazine rings is 1. The van der Waals surface area contributed by atoms with Crippen molar-refractivity contribution >= 4 is 23.5 Å². The third-order valence-electron chi connectivity index (χ3n) is 4.70. The summed E-state index contributed by atoms with van der Waals surface area (Å²) in [6, 6.07) is 9.52. The van der Waals surface area contributed by atoms with Crippen LogP contribution >= 0.6 is 11.8 Å². The first-order chi connectivity index (χ1) is 12.8. The van der Waals surface area contributed by atoms with E-state index in [2.05, 4.69) is 14.9 Å². The molecule has 2 aromatic heterocycles. The van der Waals surface area contributed by atoms with Crippen LogP contribution in [0.3, 0.4) is 0 Å². The van der Waals surface area contributed by atoms with Crippen LogP contribution in [0.25, 0.3) is 0 Å². The van der Waals surface area contributed by atoms with Crippen LogP contribution in [0.2, 0.25) is 0 Å². The van der Waals surface area contributed by atoms with E-state index in [-0.39, 0.29) is 12.0 Å². The van der Waals surface area contributed by atoms with Gasteiger partial charge < -0.3 is 14.5 Å². The maximum atomic E-state index is 12.7. The summed E-state index contributed by atoms with van der Waals surface area (Å²) in [5.74, 6) is 3.76. The lowest BCUT2D eigenvalue weighted by atomic mass is 10.2. The lowest BCUT2D eigenvalue weighted by Gasteiger charge is -2.35. The van der Waals surface area contributed by atoms with Crippen LogP contribution in [0, 0.1) is 0 Å². The minimum absolute atomic E-state index is 0.0288. The predicted octanol–water partition coefficient (Wildman–Crippen LogP) is 2.32. The smallest absolute Gasteiger partial charge is 0.255 e. The van der Waals surface area contributed by atoms with Crippen molar-refractivity contribution in [3.05, 3.63) is 48.3 Å². The van der Waals surface area contributed by atoms with Gasteiger partial charge in [-0.25, -0.2) is 9.97 Å². The average molecular weight is 370 g/mol. The molecule has 1 atom stereocenters. The molecule has 2 aromatic rings. The minimum atomic E-state index is 0.0288. The van der Waals surface area contributed by atoms with Crippen LogP contribution in [0.15, 0.2) is 42.7 Å². The molecule has 2 aliphatic heterocycles. The van der Waals surface area contributed by atoms with Gasteiger partial charge in [0.2, 0.25) is 5.88 Å². The van der Waals surface area contributed by atoms with Gasteiger partial charge in [-0.15, -0.1) is 0 Å². The van der Waals surface area contributed by atoms with Crippen molar-refractivity contribution in [1.82, 2.24) is 14.9 Å². The van der Waals surface area contributed by atoms with Gasteiger partial charge in [0.05, 0.1) is 5.56 Å². The Hall–Kier alpha value is -2.28. The maximum absolute atomic E-state index is 12.7. The van der Waals surface area contributed by atoms with Crippen LogP contribution in [-0.2, 0) is 0 Å². The van der Waals surface area contributed by atoms with Crippen LogP contribution in [0.4, 0.5) is 5.82 Å². The summed E-state index contributed by atoms with van der Waals surface area (Å²) in [6.07, 6.45) is 4.74. The van der Waals surface area contributed by atoms with Crippen molar-refractivity contribution in [2.45, 2.75) is 12.5 Å². The molecule has 2 aliphatic rings. The molecule has 4 heterocycles. The van der Waals surface area contributed by atoms with E-state index in [1.807, 2.05) is 40.9 Å². The normalized spacial score (nSPS) is 20.2. The molecule has 136 valence electrons. The summed E-state index contributed by atoms with van der Waals surface area (Å²) in [7, 11) is 0. The number of nitrogens with zero attached hydrogens (tertiary/aromatic N) is 4. The van der Waals surface area contributed by atoms with Crippen molar-refractivity contribution in [2.24, 2.45) is 0 Å². The highest BCUT2D eigenvalue weighted by molar-refractivity contribution is 7.99. The zero-order chi connectivity index (χ0) is 17.8. The SMILES string of the molecule is O=C(c1ccc(OC2CCSC2)nc1)N1CCN(c2ccccn2)CC1. The Labute approximate surface area is 157 Å². The number of hydrogen-bond donors (Lipinski definition) is 0. The fraction of sp³-hybridized carbons (Fsp3) is 0.421. The molecular formula is C19H22N4O2S. The molecule has 0 aromatic carbocycles. The van der Waals surface area contributed by atoms with E-state index in [0.717, 1.165) is 36.8 Å². The number of anilines is 1. The molecule has 2 saturated heterocycles. The van der Waals surface area contributed by atoms with Crippen molar-refractivity contribution < 1.29 is 9.53 Å². The highest BCUT2D eigenvalue weighted by Crippen LogP contribution is 2.22. The fourth-order valence-electron chi connectivity index (χ4n) is 3.22. The Balaban J connectivity index is 1.33. The first-order valence-electron chi connectivity index (χ1n) is 8.95. The molecular weight excluding hydrogens is 348 g/mol. The monoisotopic (exact) mass is 370 g/mol. The first-order valence-corrected chi connectivity index (χ1v) is 10.1. The second-order valence-corrected chi connectivity index (χ2v) is 7.61. The third kappa shape index (κ3) is 3.93. The van der Waals surface area contributed by atoms with Gasteiger partial charge in [0.1, 0.15) is 11.9 Å². The van der Waals surface area contributed by atoms with Crippen LogP contribution < -0.4 is 9.64 Å². The number of hydrogen-bond acceptors (Lipinski definition) is 6. The molecule has 2 fully saturated rings. The predicted molar refractivity (Wildman–Crippen MR) is 103 cm³/mol. The molecule has 1 amide bonds. The standard InChI is InChI=1S/C19H22N4O2S/c24-19(15-4-5-18(21-13-15)25-16-6-12-26-14-16)23-10-8-22(9-11-23)17-3-1-2-7-20-17/h1-5,7,13,16H,6,8-12,14H2. The number of ether oxygens (including phenoxy) is 1. The molecule has 0 aliphatic carbocycles. The third-order valence-corrected chi connectivity index (χ3v) is 5.83. The molecule has 0 spiro atoms. The summed E-state index contributed by atoms with van der Waals surface area (Å²) in [5, 5.41) is 0. The number of carbonyl (C=O) groups is 1. The van der Waals surface area contributed by atoms with Crippen LogP contribution in [-0.4, -0.2) is 64.6 Å². The van der Waals surface area contributed by atoms with Crippen molar-refractivity contribution in [1.29, 1.82) is 0 Å². The van der Waals surface area contributed by atoms with Gasteiger partial charge in [0.25, 0.3) is 5.91 Å². The number of aromatic nitrogens is 2. The average Bonchev–Trinajstić information content (AvgIpc) is 3.22. The molecule has 0 N–H and O–H groups in total. The van der Waals surface area contributed by atoms with Crippen LogP contribution in [0.5, 0.6) is 5.88 Å². The molecule has 4 rings (SSSR count). The van der Waals surface area contributed by atoms with Gasteiger partial charge in [-0.3, -0.25) is 4.79 Å². The zero-order valence-corrected chi connectivity index (χ0v) is 15.4. The van der Waals surface area contributed by atoms with Gasteiger partial charge in [-0.05, 0) is 30.4 Å². The summed E-state index contributed by atoms with van der Waals surface area (Å²) in [6.45, 7) is 2.95.